The maximum Gasteiger partial charge on any atom is 0.324 e. The fraction of sp³-hybridized carbons (Fsp3) is 0.357. The Balaban J connectivity index is 2.13. The van der Waals surface area contributed by atoms with Crippen molar-refractivity contribution in [3.8, 4) is 0 Å². The second-order valence-corrected chi connectivity index (χ2v) is 5.78. The predicted octanol–water partition coefficient (Wildman–Crippen LogP) is 1.14. The van der Waals surface area contributed by atoms with E-state index in [0.717, 1.165) is 21.3 Å². The predicted molar refractivity (Wildman–Crippen MR) is 81.4 cm³/mol. The molecule has 21 heavy (non-hydrogen) atoms. The summed E-state index contributed by atoms with van der Waals surface area (Å²) >= 11 is 1.38. The molecule has 1 atom stereocenters. The second-order valence-electron chi connectivity index (χ2n) is 4.73. The molecule has 7 heteroatoms. The molecule has 0 bridgehead atoms. The van der Waals surface area contributed by atoms with Crippen LogP contribution in [0.4, 0.5) is 0 Å². The van der Waals surface area contributed by atoms with Crippen molar-refractivity contribution in [3.05, 3.63) is 28.3 Å². The van der Waals surface area contributed by atoms with Crippen molar-refractivity contribution in [3.63, 3.8) is 0 Å². The average molecular weight is 307 g/mol. The van der Waals surface area contributed by atoms with Crippen molar-refractivity contribution in [2.24, 2.45) is 5.73 Å². The summed E-state index contributed by atoms with van der Waals surface area (Å²) in [7, 11) is 1.26. The number of aromatic nitrogens is 1. The fourth-order valence-electron chi connectivity index (χ4n) is 1.82. The first kappa shape index (κ1) is 15.4. The van der Waals surface area contributed by atoms with Crippen LogP contribution in [0.15, 0.2) is 12.3 Å². The number of fused-ring (bicyclic) bond motifs is 1. The Kier molecular flexibility index (Phi) is 4.54. The number of amides is 1. The van der Waals surface area contributed by atoms with Gasteiger partial charge in [-0.25, -0.2) is 0 Å². The van der Waals surface area contributed by atoms with Crippen LogP contribution in [0.25, 0.3) is 10.2 Å². The number of thiophene rings is 1. The molecule has 0 saturated carbocycles. The van der Waals surface area contributed by atoms with Crippen LogP contribution in [-0.4, -0.2) is 36.6 Å². The molecular formula is C14H17N3O3S. The molecule has 0 saturated heterocycles. The van der Waals surface area contributed by atoms with Crippen molar-refractivity contribution in [2.45, 2.75) is 19.9 Å². The van der Waals surface area contributed by atoms with E-state index in [2.05, 4.69) is 15.0 Å². The first-order chi connectivity index (χ1) is 9.93. The molecule has 2 heterocycles. The quantitative estimate of drug-likeness (QED) is 0.826. The van der Waals surface area contributed by atoms with Gasteiger partial charge in [0.25, 0.3) is 5.91 Å². The molecule has 0 unspecified atom stereocenters. The summed E-state index contributed by atoms with van der Waals surface area (Å²) in [5.41, 5.74) is 8.58. The molecule has 0 aromatic carbocycles. The van der Waals surface area contributed by atoms with Gasteiger partial charge in [0.05, 0.1) is 22.2 Å². The van der Waals surface area contributed by atoms with E-state index in [-0.39, 0.29) is 12.5 Å². The zero-order valence-corrected chi connectivity index (χ0v) is 12.9. The van der Waals surface area contributed by atoms with Crippen LogP contribution < -0.4 is 11.1 Å². The lowest BCUT2D eigenvalue weighted by Gasteiger charge is -2.09. The number of aryl methyl sites for hydroxylation is 2. The standard InChI is InChI=1S/C14H17N3O3S/c1-7-5-16-10-4-11(21-12(10)8(7)2)13(18)17-6-9(15)14(19)20-3/h4-5,9H,6,15H2,1-3H3,(H,17,18)/t9-/m1/s1. The van der Waals surface area contributed by atoms with Gasteiger partial charge in [-0.15, -0.1) is 11.3 Å². The number of esters is 1. The SMILES string of the molecule is COC(=O)[C@H](N)CNC(=O)c1cc2ncc(C)c(C)c2s1. The number of carbonyl (C=O) groups is 2. The number of rotatable bonds is 4. The number of carbonyl (C=O) groups excluding carboxylic acids is 2. The molecule has 6 nitrogen and oxygen atoms in total. The zero-order chi connectivity index (χ0) is 15.6. The van der Waals surface area contributed by atoms with E-state index >= 15 is 0 Å². The van der Waals surface area contributed by atoms with Crippen LogP contribution in [0.5, 0.6) is 0 Å². The van der Waals surface area contributed by atoms with Gasteiger partial charge in [0.15, 0.2) is 0 Å². The highest BCUT2D eigenvalue weighted by molar-refractivity contribution is 7.21. The molecule has 0 aliphatic heterocycles. The van der Waals surface area contributed by atoms with Crippen LogP contribution in [0.2, 0.25) is 0 Å². The Hall–Kier alpha value is -1.99. The minimum atomic E-state index is -0.865. The van der Waals surface area contributed by atoms with Crippen LogP contribution in [-0.2, 0) is 9.53 Å². The van der Waals surface area contributed by atoms with Gasteiger partial charge in [0.1, 0.15) is 6.04 Å². The van der Waals surface area contributed by atoms with Crippen molar-refractivity contribution < 1.29 is 14.3 Å². The lowest BCUT2D eigenvalue weighted by molar-refractivity contribution is -0.141. The Morgan fingerprint density at radius 1 is 1.48 bits per heavy atom. The van der Waals surface area contributed by atoms with E-state index in [1.165, 1.54) is 18.4 Å². The maximum absolute atomic E-state index is 12.1. The smallest absolute Gasteiger partial charge is 0.324 e. The highest BCUT2D eigenvalue weighted by Crippen LogP contribution is 2.28. The Morgan fingerprint density at radius 3 is 2.86 bits per heavy atom. The van der Waals surface area contributed by atoms with Crippen molar-refractivity contribution >= 4 is 33.4 Å². The van der Waals surface area contributed by atoms with Crippen LogP contribution >= 0.6 is 11.3 Å². The third-order valence-corrected chi connectivity index (χ3v) is 4.49. The van der Waals surface area contributed by atoms with Gasteiger partial charge in [-0.05, 0) is 31.0 Å². The van der Waals surface area contributed by atoms with Gasteiger partial charge in [0.2, 0.25) is 0 Å². The van der Waals surface area contributed by atoms with Gasteiger partial charge < -0.3 is 15.8 Å². The molecule has 1 amide bonds. The van der Waals surface area contributed by atoms with Crippen LogP contribution in [0, 0.1) is 13.8 Å². The number of hydrogen-bond acceptors (Lipinski definition) is 6. The summed E-state index contributed by atoms with van der Waals surface area (Å²) in [5.74, 6) is -0.825. The van der Waals surface area contributed by atoms with Gasteiger partial charge in [0, 0.05) is 12.7 Å². The Bertz CT molecular complexity index is 696. The number of methoxy groups -OCH3 is 1. The number of hydrogen-bond donors (Lipinski definition) is 2. The first-order valence-corrected chi connectivity index (χ1v) is 7.23. The summed E-state index contributed by atoms with van der Waals surface area (Å²) < 4.78 is 5.50. The summed E-state index contributed by atoms with van der Waals surface area (Å²) in [5, 5.41) is 2.63. The second kappa shape index (κ2) is 6.19. The largest absolute Gasteiger partial charge is 0.468 e. The van der Waals surface area contributed by atoms with Crippen LogP contribution in [0.3, 0.4) is 0 Å². The third kappa shape index (κ3) is 3.20. The van der Waals surface area contributed by atoms with Crippen LogP contribution in [0.1, 0.15) is 20.8 Å². The minimum Gasteiger partial charge on any atom is -0.468 e. The Labute approximate surface area is 126 Å². The molecule has 112 valence electrons. The number of nitrogens with zero attached hydrogens (tertiary/aromatic N) is 1. The fourth-order valence-corrected chi connectivity index (χ4v) is 2.91. The topological polar surface area (TPSA) is 94.3 Å². The van der Waals surface area contributed by atoms with E-state index in [4.69, 9.17) is 5.73 Å². The van der Waals surface area contributed by atoms with Crippen molar-refractivity contribution in [2.75, 3.05) is 13.7 Å². The summed E-state index contributed by atoms with van der Waals surface area (Å²) in [4.78, 5) is 28.1. The molecular weight excluding hydrogens is 290 g/mol. The van der Waals surface area contributed by atoms with Crippen molar-refractivity contribution in [1.29, 1.82) is 0 Å². The van der Waals surface area contributed by atoms with Gasteiger partial charge in [-0.3, -0.25) is 14.6 Å². The molecule has 0 fully saturated rings. The highest BCUT2D eigenvalue weighted by atomic mass is 32.1. The lowest BCUT2D eigenvalue weighted by atomic mass is 10.2. The van der Waals surface area contributed by atoms with E-state index in [0.29, 0.717) is 4.88 Å². The first-order valence-electron chi connectivity index (χ1n) is 6.41. The lowest BCUT2D eigenvalue weighted by Crippen LogP contribution is -2.42. The summed E-state index contributed by atoms with van der Waals surface area (Å²) in [6.45, 7) is 4.02. The molecule has 0 aliphatic rings. The number of pyridine rings is 1. The van der Waals surface area contributed by atoms with E-state index in [1.54, 1.807) is 12.3 Å². The molecule has 2 rings (SSSR count). The molecule has 2 aromatic heterocycles. The monoisotopic (exact) mass is 307 g/mol. The number of nitrogens with one attached hydrogen (secondary N) is 1. The zero-order valence-electron chi connectivity index (χ0n) is 12.1. The highest BCUT2D eigenvalue weighted by Gasteiger charge is 2.17. The molecule has 0 radical (unpaired) electrons. The molecule has 3 N–H and O–H groups in total. The number of nitrogens with two attached hydrogens (primary N) is 1. The molecule has 0 spiro atoms. The summed E-state index contributed by atoms with van der Waals surface area (Å²) in [6, 6.07) is 0.876. The van der Waals surface area contributed by atoms with E-state index in [1.807, 2.05) is 13.8 Å². The molecule has 0 aliphatic carbocycles. The van der Waals surface area contributed by atoms with Gasteiger partial charge >= 0.3 is 5.97 Å². The minimum absolute atomic E-state index is 0.0329. The van der Waals surface area contributed by atoms with Gasteiger partial charge in [-0.1, -0.05) is 0 Å². The van der Waals surface area contributed by atoms with E-state index in [9.17, 15) is 9.59 Å². The third-order valence-electron chi connectivity index (χ3n) is 3.25. The molecule has 2 aromatic rings. The van der Waals surface area contributed by atoms with E-state index < -0.39 is 12.0 Å². The number of ether oxygens (including phenoxy) is 1. The Morgan fingerprint density at radius 2 is 2.19 bits per heavy atom. The maximum atomic E-state index is 12.1. The average Bonchev–Trinajstić information content (AvgIpc) is 2.92. The van der Waals surface area contributed by atoms with Crippen molar-refractivity contribution in [1.82, 2.24) is 10.3 Å². The normalized spacial score (nSPS) is 12.2. The summed E-state index contributed by atoms with van der Waals surface area (Å²) in [6.07, 6.45) is 1.79. The van der Waals surface area contributed by atoms with Gasteiger partial charge in [-0.2, -0.15) is 0 Å².